The minimum absolute atomic E-state index is 0.162. The normalized spacial score (nSPS) is 11.4. The zero-order chi connectivity index (χ0) is 16.7. The summed E-state index contributed by atoms with van der Waals surface area (Å²) >= 11 is 0. The second-order valence-corrected chi connectivity index (χ2v) is 7.83. The van der Waals surface area contributed by atoms with Crippen LogP contribution in [0.2, 0.25) is 6.04 Å². The molecule has 0 saturated heterocycles. The Hall–Kier alpha value is -0.693. The number of hydrogen-bond acceptors (Lipinski definition) is 5. The number of unbranched alkanes of at least 4 members (excludes halogenated alkanes) is 10. The summed E-state index contributed by atoms with van der Waals surface area (Å²) in [6.45, 7) is 3.84. The van der Waals surface area contributed by atoms with Crippen molar-refractivity contribution in [3.05, 3.63) is 12.7 Å². The van der Waals surface area contributed by atoms with E-state index in [0.29, 0.717) is 13.0 Å². The van der Waals surface area contributed by atoms with E-state index >= 15 is 0 Å². The van der Waals surface area contributed by atoms with E-state index in [4.69, 9.17) is 19.1 Å². The van der Waals surface area contributed by atoms with Crippen molar-refractivity contribution in [2.75, 3.05) is 6.61 Å². The first-order chi connectivity index (χ1) is 10.5. The number of esters is 1. The Morgan fingerprint density at radius 2 is 1.23 bits per heavy atom. The first kappa shape index (κ1) is 21.3. The van der Waals surface area contributed by atoms with Gasteiger partial charge in [0.15, 0.2) is 0 Å². The molecule has 0 heterocycles. The lowest BCUT2D eigenvalue weighted by Gasteiger charge is -2.08. The molecule has 0 amide bonds. The van der Waals surface area contributed by atoms with Crippen LogP contribution in [0.15, 0.2) is 12.7 Å². The lowest BCUT2D eigenvalue weighted by atomic mass is 10.1. The van der Waals surface area contributed by atoms with E-state index in [9.17, 15) is 4.79 Å². The van der Waals surface area contributed by atoms with E-state index in [-0.39, 0.29) is 12.0 Å². The predicted octanol–water partition coefficient (Wildman–Crippen LogP) is 2.92. The molecule has 0 aliphatic heterocycles. The molecule has 0 aliphatic rings. The van der Waals surface area contributed by atoms with Gasteiger partial charge in [-0.15, -0.1) is 0 Å². The fourth-order valence-corrected chi connectivity index (χ4v) is 3.01. The molecule has 0 aromatic rings. The zero-order valence-electron chi connectivity index (χ0n) is 13.6. The molecule has 130 valence electrons. The van der Waals surface area contributed by atoms with Gasteiger partial charge >= 0.3 is 14.8 Å². The molecule has 0 atom stereocenters. The molecule has 0 saturated carbocycles. The molecule has 0 fully saturated rings. The quantitative estimate of drug-likeness (QED) is 0.186. The molecule has 3 N–H and O–H groups in total. The minimum atomic E-state index is -3.80. The third-order valence-corrected chi connectivity index (χ3v) is 4.59. The smallest absolute Gasteiger partial charge is 0.463 e. The average Bonchev–Trinajstić information content (AvgIpc) is 2.46. The summed E-state index contributed by atoms with van der Waals surface area (Å²) in [5.41, 5.74) is 0. The van der Waals surface area contributed by atoms with Gasteiger partial charge in [0.1, 0.15) is 0 Å². The molecule has 0 spiro atoms. The first-order valence-corrected chi connectivity index (χ1v) is 10.5. The van der Waals surface area contributed by atoms with Crippen molar-refractivity contribution < 1.29 is 23.9 Å². The lowest BCUT2D eigenvalue weighted by molar-refractivity contribution is -0.137. The topological polar surface area (TPSA) is 87.0 Å². The molecule has 0 bridgehead atoms. The van der Waals surface area contributed by atoms with Crippen LogP contribution in [-0.2, 0) is 9.53 Å². The summed E-state index contributed by atoms with van der Waals surface area (Å²) in [6, 6.07) is 0.162. The maximum atomic E-state index is 10.8. The summed E-state index contributed by atoms with van der Waals surface area (Å²) in [5.74, 6) is -0.343. The van der Waals surface area contributed by atoms with E-state index < -0.39 is 8.80 Å². The molecule has 6 heteroatoms. The molecule has 22 heavy (non-hydrogen) atoms. The third kappa shape index (κ3) is 17.4. The number of hydrogen-bond donors (Lipinski definition) is 3. The van der Waals surface area contributed by atoms with Crippen LogP contribution in [-0.4, -0.2) is 35.8 Å². The van der Waals surface area contributed by atoms with Crippen molar-refractivity contribution in [3.63, 3.8) is 0 Å². The van der Waals surface area contributed by atoms with Gasteiger partial charge in [0, 0.05) is 12.1 Å². The molecule has 0 radical (unpaired) electrons. The molecular weight excluding hydrogens is 300 g/mol. The predicted molar refractivity (Wildman–Crippen MR) is 89.2 cm³/mol. The number of ether oxygens (including phenoxy) is 1. The summed E-state index contributed by atoms with van der Waals surface area (Å²) in [6.07, 6.45) is 13.2. The van der Waals surface area contributed by atoms with Gasteiger partial charge in [0.25, 0.3) is 0 Å². The van der Waals surface area contributed by atoms with E-state index in [0.717, 1.165) is 25.7 Å². The van der Waals surface area contributed by atoms with Gasteiger partial charge in [0.05, 0.1) is 6.61 Å². The maximum Gasteiger partial charge on any atom is 0.492 e. The van der Waals surface area contributed by atoms with Crippen molar-refractivity contribution in [1.29, 1.82) is 0 Å². The SMILES string of the molecule is C=CC(=O)OCCCCCCCCCCCCC[Si](O)(O)O. The Morgan fingerprint density at radius 3 is 1.64 bits per heavy atom. The van der Waals surface area contributed by atoms with Crippen molar-refractivity contribution >= 4 is 14.8 Å². The number of carbonyl (C=O) groups excluding carboxylic acids is 1. The number of rotatable bonds is 15. The van der Waals surface area contributed by atoms with E-state index in [1.807, 2.05) is 0 Å². The van der Waals surface area contributed by atoms with Crippen molar-refractivity contribution in [3.8, 4) is 0 Å². The van der Waals surface area contributed by atoms with Gasteiger partial charge in [-0.25, -0.2) is 4.79 Å². The van der Waals surface area contributed by atoms with Gasteiger partial charge in [-0.3, -0.25) is 0 Å². The fourth-order valence-electron chi connectivity index (χ4n) is 2.29. The highest BCUT2D eigenvalue weighted by atomic mass is 28.4. The van der Waals surface area contributed by atoms with Crippen molar-refractivity contribution in [2.24, 2.45) is 0 Å². The van der Waals surface area contributed by atoms with Gasteiger partial charge in [-0.1, -0.05) is 64.4 Å². The Morgan fingerprint density at radius 1 is 0.818 bits per heavy atom. The average molecular weight is 333 g/mol. The largest absolute Gasteiger partial charge is 0.492 e. The second kappa shape index (κ2) is 13.9. The Balaban J connectivity index is 3.09. The van der Waals surface area contributed by atoms with Crippen LogP contribution >= 0.6 is 0 Å². The molecule has 0 aromatic heterocycles. The second-order valence-electron chi connectivity index (χ2n) is 5.79. The lowest BCUT2D eigenvalue weighted by Crippen LogP contribution is -2.33. The third-order valence-electron chi connectivity index (χ3n) is 3.57. The van der Waals surface area contributed by atoms with Crippen LogP contribution in [0.3, 0.4) is 0 Å². The Bertz CT molecular complexity index is 289. The van der Waals surface area contributed by atoms with Crippen LogP contribution in [0.4, 0.5) is 0 Å². The van der Waals surface area contributed by atoms with Gasteiger partial charge in [-0.05, 0) is 12.8 Å². The van der Waals surface area contributed by atoms with Crippen LogP contribution in [0.5, 0.6) is 0 Å². The van der Waals surface area contributed by atoms with Crippen molar-refractivity contribution in [2.45, 2.75) is 76.7 Å². The fraction of sp³-hybridized carbons (Fsp3) is 0.812. The highest BCUT2D eigenvalue weighted by molar-refractivity contribution is 6.56. The Labute approximate surface area is 135 Å². The van der Waals surface area contributed by atoms with Crippen LogP contribution in [0.1, 0.15) is 70.6 Å². The van der Waals surface area contributed by atoms with Crippen LogP contribution < -0.4 is 0 Å². The summed E-state index contributed by atoms with van der Waals surface area (Å²) in [7, 11) is -3.80. The van der Waals surface area contributed by atoms with Gasteiger partial charge in [-0.2, -0.15) is 0 Å². The monoisotopic (exact) mass is 332 g/mol. The Kier molecular flexibility index (Phi) is 13.5. The van der Waals surface area contributed by atoms with Crippen LogP contribution in [0.25, 0.3) is 0 Å². The zero-order valence-corrected chi connectivity index (χ0v) is 14.6. The van der Waals surface area contributed by atoms with E-state index in [2.05, 4.69) is 6.58 Å². The summed E-state index contributed by atoms with van der Waals surface area (Å²) in [4.78, 5) is 37.4. The maximum absolute atomic E-state index is 10.8. The first-order valence-electron chi connectivity index (χ1n) is 8.42. The van der Waals surface area contributed by atoms with Gasteiger partial charge in [0.2, 0.25) is 0 Å². The van der Waals surface area contributed by atoms with E-state index in [1.165, 1.54) is 44.6 Å². The summed E-state index contributed by atoms with van der Waals surface area (Å²) in [5, 5.41) is 0. The van der Waals surface area contributed by atoms with Gasteiger partial charge < -0.3 is 19.1 Å². The highest BCUT2D eigenvalue weighted by Crippen LogP contribution is 2.13. The van der Waals surface area contributed by atoms with Crippen molar-refractivity contribution in [1.82, 2.24) is 0 Å². The highest BCUT2D eigenvalue weighted by Gasteiger charge is 2.25. The number of carbonyl (C=O) groups is 1. The standard InChI is InChI=1S/C16H32O5Si/c1-2-16(17)21-14-12-10-8-6-4-3-5-7-9-11-13-15-22(18,19)20/h2,18-20H,1,3-15H2. The molecule has 0 rings (SSSR count). The molecule has 5 nitrogen and oxygen atoms in total. The molecular formula is C16H32O5Si. The van der Waals surface area contributed by atoms with Crippen LogP contribution in [0, 0.1) is 0 Å². The molecule has 0 aromatic carbocycles. The minimum Gasteiger partial charge on any atom is -0.463 e. The summed E-state index contributed by atoms with van der Waals surface area (Å²) < 4.78 is 4.90. The molecule has 0 unspecified atom stereocenters. The van der Waals surface area contributed by atoms with E-state index in [1.54, 1.807) is 0 Å². The molecule has 0 aliphatic carbocycles.